The second-order valence-electron chi connectivity index (χ2n) is 7.12. The van der Waals surface area contributed by atoms with Crippen molar-refractivity contribution >= 4 is 34.7 Å². The zero-order chi connectivity index (χ0) is 23.8. The molecule has 0 saturated carbocycles. The number of rotatable bonds is 7. The third-order valence-corrected chi connectivity index (χ3v) is 5.01. The van der Waals surface area contributed by atoms with Gasteiger partial charge in [-0.25, -0.2) is 4.39 Å². The number of aromatic nitrogens is 4. The minimum atomic E-state index is -0.409. The van der Waals surface area contributed by atoms with E-state index in [0.29, 0.717) is 45.8 Å². The van der Waals surface area contributed by atoms with Crippen molar-refractivity contribution in [3.05, 3.63) is 82.3 Å². The first-order valence-electron chi connectivity index (χ1n) is 10.2. The fourth-order valence-electron chi connectivity index (χ4n) is 3.21. The first-order chi connectivity index (χ1) is 15.9. The summed E-state index contributed by atoms with van der Waals surface area (Å²) in [5.74, 6) is -0.720. The molecule has 0 spiro atoms. The van der Waals surface area contributed by atoms with Gasteiger partial charge in [-0.1, -0.05) is 11.6 Å². The quantitative estimate of drug-likeness (QED) is 0.359. The van der Waals surface area contributed by atoms with E-state index in [1.54, 1.807) is 35.3 Å². The van der Waals surface area contributed by atoms with Crippen LogP contribution in [0.4, 0.5) is 4.39 Å². The average Bonchev–Trinajstić information content (AvgIpc) is 3.39. The van der Waals surface area contributed by atoms with E-state index in [9.17, 15) is 9.18 Å². The first kappa shape index (κ1) is 24.1. The van der Waals surface area contributed by atoms with Crippen LogP contribution >= 0.6 is 11.6 Å². The molecule has 3 aromatic heterocycles. The monoisotopic (exact) mass is 470 g/mol. The number of pyridine rings is 1. The number of benzene rings is 1. The van der Waals surface area contributed by atoms with E-state index in [-0.39, 0.29) is 12.5 Å². The zero-order valence-corrected chi connectivity index (χ0v) is 19.0. The van der Waals surface area contributed by atoms with Gasteiger partial charge in [-0.3, -0.25) is 14.5 Å². The van der Waals surface area contributed by atoms with Crippen molar-refractivity contribution in [2.75, 3.05) is 7.05 Å². The van der Waals surface area contributed by atoms with E-state index in [1.165, 1.54) is 13.0 Å². The Labute approximate surface area is 195 Å². The molecule has 0 saturated heterocycles. The smallest absolute Gasteiger partial charge is 0.251 e. The van der Waals surface area contributed by atoms with Crippen LogP contribution in [0.25, 0.3) is 10.9 Å². The van der Waals surface area contributed by atoms with Crippen molar-refractivity contribution in [3.63, 3.8) is 0 Å². The SMILES string of the molecule is CC=O.CNCc1ccn(Cc2cc(C(=O)NCc3cc4c(Cl)c[nH]c4cc3F)ccn2)n1. The molecule has 0 aliphatic heterocycles. The summed E-state index contributed by atoms with van der Waals surface area (Å²) in [5.41, 5.74) is 3.05. The Morgan fingerprint density at radius 2 is 2.03 bits per heavy atom. The van der Waals surface area contributed by atoms with Crippen LogP contribution in [0.5, 0.6) is 0 Å². The molecule has 0 fully saturated rings. The summed E-state index contributed by atoms with van der Waals surface area (Å²) < 4.78 is 16.1. The molecule has 8 nitrogen and oxygen atoms in total. The van der Waals surface area contributed by atoms with Crippen LogP contribution in [-0.2, 0) is 24.4 Å². The topological polar surface area (TPSA) is 105 Å². The number of amides is 1. The number of aromatic amines is 1. The maximum atomic E-state index is 14.3. The lowest BCUT2D eigenvalue weighted by Gasteiger charge is -2.08. The summed E-state index contributed by atoms with van der Waals surface area (Å²) in [5, 5.41) is 11.5. The molecule has 33 heavy (non-hydrogen) atoms. The van der Waals surface area contributed by atoms with Gasteiger partial charge in [-0.15, -0.1) is 0 Å². The number of fused-ring (bicyclic) bond motifs is 1. The highest BCUT2D eigenvalue weighted by molar-refractivity contribution is 6.35. The van der Waals surface area contributed by atoms with Crippen LogP contribution in [0.3, 0.4) is 0 Å². The number of carbonyl (C=O) groups excluding carboxylic acids is 2. The van der Waals surface area contributed by atoms with Gasteiger partial charge in [0.2, 0.25) is 0 Å². The van der Waals surface area contributed by atoms with Crippen LogP contribution in [0.2, 0.25) is 5.02 Å². The molecular weight excluding hydrogens is 447 g/mol. The fraction of sp³-hybridized carbons (Fsp3) is 0.217. The molecule has 1 aromatic carbocycles. The third-order valence-electron chi connectivity index (χ3n) is 4.69. The van der Waals surface area contributed by atoms with Gasteiger partial charge in [-0.2, -0.15) is 5.10 Å². The third kappa shape index (κ3) is 6.24. The molecule has 0 aliphatic carbocycles. The van der Waals surface area contributed by atoms with Gasteiger partial charge in [-0.05, 0) is 44.3 Å². The number of nitrogens with one attached hydrogen (secondary N) is 3. The molecule has 0 bridgehead atoms. The van der Waals surface area contributed by atoms with E-state index in [2.05, 4.69) is 25.7 Å². The molecule has 10 heteroatoms. The molecule has 0 aliphatic rings. The van der Waals surface area contributed by atoms with Crippen molar-refractivity contribution in [2.45, 2.75) is 26.6 Å². The van der Waals surface area contributed by atoms with Crippen molar-refractivity contribution in [3.8, 4) is 0 Å². The predicted octanol–water partition coefficient (Wildman–Crippen LogP) is 3.45. The summed E-state index contributed by atoms with van der Waals surface area (Å²) >= 11 is 6.10. The summed E-state index contributed by atoms with van der Waals surface area (Å²) in [4.78, 5) is 28.6. The standard InChI is InChI=1S/C21H20ClFN6O.C2H4O/c1-24-10-15-3-5-29(28-15)12-16-6-13(2-4-25-16)21(30)27-9-14-7-17-18(22)11-26-20(17)8-19(14)23;1-2-3/h2-8,11,24,26H,9-10,12H2,1H3,(H,27,30);2H,1H3. The maximum absolute atomic E-state index is 14.3. The molecule has 172 valence electrons. The Morgan fingerprint density at radius 1 is 1.24 bits per heavy atom. The van der Waals surface area contributed by atoms with E-state index in [4.69, 9.17) is 16.4 Å². The predicted molar refractivity (Wildman–Crippen MR) is 125 cm³/mol. The molecule has 3 heterocycles. The highest BCUT2D eigenvalue weighted by atomic mass is 35.5. The van der Waals surface area contributed by atoms with Crippen molar-refractivity contribution in [1.82, 2.24) is 30.4 Å². The highest BCUT2D eigenvalue weighted by Crippen LogP contribution is 2.25. The number of nitrogens with zero attached hydrogens (tertiary/aromatic N) is 3. The number of hydrogen-bond donors (Lipinski definition) is 3. The largest absolute Gasteiger partial charge is 0.360 e. The lowest BCUT2D eigenvalue weighted by Crippen LogP contribution is -2.23. The van der Waals surface area contributed by atoms with Crippen LogP contribution in [0.15, 0.2) is 48.9 Å². The van der Waals surface area contributed by atoms with Gasteiger partial charge in [0.25, 0.3) is 5.91 Å². The van der Waals surface area contributed by atoms with Gasteiger partial charge >= 0.3 is 0 Å². The summed E-state index contributed by atoms with van der Waals surface area (Å²) in [6.07, 6.45) is 5.80. The summed E-state index contributed by atoms with van der Waals surface area (Å²) in [6.45, 7) is 2.62. The Morgan fingerprint density at radius 3 is 2.79 bits per heavy atom. The fourth-order valence-corrected chi connectivity index (χ4v) is 3.42. The van der Waals surface area contributed by atoms with Crippen molar-refractivity contribution < 1.29 is 14.0 Å². The van der Waals surface area contributed by atoms with Gasteiger partial charge in [0, 0.05) is 53.7 Å². The van der Waals surface area contributed by atoms with E-state index < -0.39 is 5.82 Å². The van der Waals surface area contributed by atoms with E-state index >= 15 is 0 Å². The van der Waals surface area contributed by atoms with E-state index in [1.807, 2.05) is 19.3 Å². The first-order valence-corrected chi connectivity index (χ1v) is 10.6. The lowest BCUT2D eigenvalue weighted by molar-refractivity contribution is -0.106. The lowest BCUT2D eigenvalue weighted by atomic mass is 10.1. The Balaban J connectivity index is 0.000000968. The molecule has 0 radical (unpaired) electrons. The number of carbonyl (C=O) groups is 2. The minimum absolute atomic E-state index is 0.0479. The number of H-pyrrole nitrogens is 1. The maximum Gasteiger partial charge on any atom is 0.251 e. The Kier molecular flexibility index (Phi) is 8.28. The second kappa shape index (κ2) is 11.3. The molecule has 4 rings (SSSR count). The molecule has 0 unspecified atom stereocenters. The van der Waals surface area contributed by atoms with Crippen LogP contribution < -0.4 is 10.6 Å². The van der Waals surface area contributed by atoms with E-state index in [0.717, 1.165) is 12.0 Å². The molecule has 0 atom stereocenters. The highest BCUT2D eigenvalue weighted by Gasteiger charge is 2.12. The molecular formula is C23H24ClFN6O2. The normalized spacial score (nSPS) is 10.5. The molecule has 4 aromatic rings. The van der Waals surface area contributed by atoms with Crippen molar-refractivity contribution in [1.29, 1.82) is 0 Å². The number of hydrogen-bond acceptors (Lipinski definition) is 5. The van der Waals surface area contributed by atoms with Gasteiger partial charge in [0.05, 0.1) is 23.0 Å². The van der Waals surface area contributed by atoms with Gasteiger partial charge in [0.15, 0.2) is 0 Å². The summed E-state index contributed by atoms with van der Waals surface area (Å²) in [7, 11) is 1.86. The number of halogens is 2. The number of aldehydes is 1. The van der Waals surface area contributed by atoms with Crippen LogP contribution in [0.1, 0.15) is 34.2 Å². The van der Waals surface area contributed by atoms with Gasteiger partial charge in [0.1, 0.15) is 12.1 Å². The van der Waals surface area contributed by atoms with Gasteiger partial charge < -0.3 is 20.4 Å². The molecule has 1 amide bonds. The Bertz CT molecular complexity index is 1250. The molecule has 3 N–H and O–H groups in total. The minimum Gasteiger partial charge on any atom is -0.360 e. The van der Waals surface area contributed by atoms with Crippen LogP contribution in [-0.4, -0.2) is 39.0 Å². The Hall–Kier alpha value is -3.56. The average molecular weight is 471 g/mol. The zero-order valence-electron chi connectivity index (χ0n) is 18.2. The summed E-state index contributed by atoms with van der Waals surface area (Å²) in [6, 6.07) is 8.27. The van der Waals surface area contributed by atoms with Crippen molar-refractivity contribution in [2.24, 2.45) is 0 Å². The van der Waals surface area contributed by atoms with Crippen LogP contribution in [0, 0.1) is 5.82 Å². The second-order valence-corrected chi connectivity index (χ2v) is 7.52.